The maximum atomic E-state index is 12.5. The first-order valence-electron chi connectivity index (χ1n) is 10.8. The van der Waals surface area contributed by atoms with Gasteiger partial charge in [-0.05, 0) is 50.1 Å². The van der Waals surface area contributed by atoms with Crippen molar-refractivity contribution in [2.24, 2.45) is 5.73 Å². The summed E-state index contributed by atoms with van der Waals surface area (Å²) in [6, 6.07) is 11.4. The summed E-state index contributed by atoms with van der Waals surface area (Å²) in [5.41, 5.74) is 6.93. The zero-order chi connectivity index (χ0) is 24.2. The Kier molecular flexibility index (Phi) is 6.39. The summed E-state index contributed by atoms with van der Waals surface area (Å²) in [4.78, 5) is 47.7. The van der Waals surface area contributed by atoms with E-state index in [1.807, 2.05) is 0 Å². The number of rotatable bonds is 6. The van der Waals surface area contributed by atoms with Crippen LogP contribution in [0.25, 0.3) is 11.3 Å². The Morgan fingerprint density at radius 3 is 2.56 bits per heavy atom. The first kappa shape index (κ1) is 22.7. The van der Waals surface area contributed by atoms with Crippen molar-refractivity contribution in [3.05, 3.63) is 77.9 Å². The van der Waals surface area contributed by atoms with E-state index in [1.54, 1.807) is 66.6 Å². The minimum absolute atomic E-state index is 0.0334. The van der Waals surface area contributed by atoms with E-state index in [0.717, 1.165) is 6.42 Å². The number of hydrogen-bond acceptors (Lipinski definition) is 6. The molecule has 1 aliphatic heterocycles. The molecule has 174 valence electrons. The van der Waals surface area contributed by atoms with Crippen LogP contribution >= 0.6 is 0 Å². The van der Waals surface area contributed by atoms with E-state index in [-0.39, 0.29) is 23.6 Å². The fourth-order valence-corrected chi connectivity index (χ4v) is 4.06. The molecule has 1 aromatic carbocycles. The molecule has 2 aromatic heterocycles. The van der Waals surface area contributed by atoms with E-state index < -0.39 is 5.91 Å². The number of carbonyl (C=O) groups is 3. The summed E-state index contributed by atoms with van der Waals surface area (Å²) in [7, 11) is 0. The number of nitrogens with two attached hydrogens (primary N) is 2. The number of nitrogens with one attached hydrogen (secondary N) is 1. The van der Waals surface area contributed by atoms with Crippen LogP contribution < -0.4 is 16.9 Å². The van der Waals surface area contributed by atoms with E-state index in [1.165, 1.54) is 10.8 Å². The van der Waals surface area contributed by atoms with Gasteiger partial charge in [-0.2, -0.15) is 0 Å². The largest absolute Gasteiger partial charge is 0.364 e. The smallest absolute Gasteiger partial charge is 0.269 e. The molecule has 0 saturated carbocycles. The van der Waals surface area contributed by atoms with Gasteiger partial charge >= 0.3 is 0 Å². The molecule has 4 rings (SSSR count). The number of carbonyl (C=O) groups excluding carboxylic acids is 3. The second-order valence-electron chi connectivity index (χ2n) is 7.84. The number of allylic oxidation sites excluding steroid dienone is 1. The van der Waals surface area contributed by atoms with Crippen molar-refractivity contribution in [2.45, 2.75) is 25.8 Å². The summed E-state index contributed by atoms with van der Waals surface area (Å²) in [5, 5.41) is 2.72. The van der Waals surface area contributed by atoms with E-state index in [9.17, 15) is 14.4 Å². The number of likely N-dealkylation sites (tertiary alicyclic amines) is 1. The minimum Gasteiger partial charge on any atom is -0.364 e. The Morgan fingerprint density at radius 1 is 1.15 bits per heavy atom. The van der Waals surface area contributed by atoms with Crippen molar-refractivity contribution in [1.82, 2.24) is 19.5 Å². The lowest BCUT2D eigenvalue weighted by molar-refractivity contribution is -0.127. The number of amides is 3. The Balaban J connectivity index is 1.65. The quantitative estimate of drug-likeness (QED) is 0.380. The lowest BCUT2D eigenvalue weighted by Gasteiger charge is -2.22. The van der Waals surface area contributed by atoms with Gasteiger partial charge in [0.1, 0.15) is 11.5 Å². The van der Waals surface area contributed by atoms with E-state index in [4.69, 9.17) is 11.6 Å². The van der Waals surface area contributed by atoms with Gasteiger partial charge < -0.3 is 21.8 Å². The third kappa shape index (κ3) is 4.38. The third-order valence-corrected chi connectivity index (χ3v) is 5.64. The third-order valence-electron chi connectivity index (χ3n) is 5.64. The second kappa shape index (κ2) is 9.57. The van der Waals surface area contributed by atoms with Gasteiger partial charge in [-0.1, -0.05) is 24.3 Å². The number of imidazole rings is 1. The summed E-state index contributed by atoms with van der Waals surface area (Å²) in [6.45, 7) is 2.35. The highest BCUT2D eigenvalue weighted by Crippen LogP contribution is 2.34. The zero-order valence-electron chi connectivity index (χ0n) is 18.6. The van der Waals surface area contributed by atoms with Crippen LogP contribution in [-0.2, 0) is 4.79 Å². The molecule has 0 radical (unpaired) electrons. The number of pyridine rings is 1. The number of aromatic nitrogens is 3. The highest BCUT2D eigenvalue weighted by molar-refractivity contribution is 6.04. The van der Waals surface area contributed by atoms with Gasteiger partial charge in [-0.3, -0.25) is 14.4 Å². The molecule has 3 aromatic rings. The van der Waals surface area contributed by atoms with Crippen molar-refractivity contribution in [3.63, 3.8) is 0 Å². The van der Waals surface area contributed by atoms with Crippen LogP contribution in [0.1, 0.15) is 52.5 Å². The predicted octanol–water partition coefficient (Wildman–Crippen LogP) is 2.25. The molecule has 1 saturated heterocycles. The summed E-state index contributed by atoms with van der Waals surface area (Å²) in [6.07, 6.45) is 6.22. The molecule has 34 heavy (non-hydrogen) atoms. The van der Waals surface area contributed by atoms with Crippen LogP contribution in [0, 0.1) is 0 Å². The summed E-state index contributed by atoms with van der Waals surface area (Å²) in [5.74, 6) is 5.87. The van der Waals surface area contributed by atoms with Crippen LogP contribution in [0.5, 0.6) is 0 Å². The van der Waals surface area contributed by atoms with Crippen molar-refractivity contribution in [2.75, 3.05) is 17.7 Å². The molecule has 1 atom stereocenters. The normalized spacial score (nSPS) is 15.6. The lowest BCUT2D eigenvalue weighted by atomic mass is 10.1. The van der Waals surface area contributed by atoms with Gasteiger partial charge in [0.15, 0.2) is 11.5 Å². The minimum atomic E-state index is -0.738. The number of hydrogen-bond donors (Lipinski definition) is 3. The maximum Gasteiger partial charge on any atom is 0.269 e. The van der Waals surface area contributed by atoms with Gasteiger partial charge in [0.25, 0.3) is 11.8 Å². The van der Waals surface area contributed by atoms with Crippen LogP contribution in [0.15, 0.2) is 60.8 Å². The Labute approximate surface area is 196 Å². The maximum absolute atomic E-state index is 12.5. The Hall–Kier alpha value is -4.47. The van der Waals surface area contributed by atoms with Gasteiger partial charge in [-0.25, -0.2) is 14.6 Å². The summed E-state index contributed by atoms with van der Waals surface area (Å²) >= 11 is 0. The first-order chi connectivity index (χ1) is 16.4. The summed E-state index contributed by atoms with van der Waals surface area (Å²) < 4.78 is 1.17. The van der Waals surface area contributed by atoms with Crippen LogP contribution in [0.2, 0.25) is 0 Å². The average molecular weight is 460 g/mol. The molecule has 3 heterocycles. The highest BCUT2D eigenvalue weighted by atomic mass is 16.2. The lowest BCUT2D eigenvalue weighted by Crippen LogP contribution is -2.33. The van der Waals surface area contributed by atoms with E-state index in [2.05, 4.69) is 15.3 Å². The molecule has 5 N–H and O–H groups in total. The van der Waals surface area contributed by atoms with Crippen LogP contribution in [0.4, 0.5) is 5.82 Å². The second-order valence-corrected chi connectivity index (χ2v) is 7.84. The van der Waals surface area contributed by atoms with Crippen LogP contribution in [-0.4, -0.2) is 43.8 Å². The fraction of sp³-hybridized carbons (Fsp3) is 0.208. The van der Waals surface area contributed by atoms with Crippen molar-refractivity contribution >= 4 is 23.5 Å². The Bertz CT molecular complexity index is 1250. The SMILES string of the molecule is CC=CC(=O)N1CCCC1c1nc(-c2ccc(C(=O)Nc3ccccn3)cc2)c(C(N)=O)n1N. The van der Waals surface area contributed by atoms with Crippen molar-refractivity contribution < 1.29 is 14.4 Å². The molecule has 0 spiro atoms. The number of nitrogen functional groups attached to an aromatic ring is 1. The monoisotopic (exact) mass is 459 g/mol. The number of anilines is 1. The fourth-order valence-electron chi connectivity index (χ4n) is 4.06. The Morgan fingerprint density at radius 2 is 1.91 bits per heavy atom. The van der Waals surface area contributed by atoms with Gasteiger partial charge in [-0.15, -0.1) is 0 Å². The van der Waals surface area contributed by atoms with Gasteiger partial charge in [0.2, 0.25) is 5.91 Å². The molecule has 1 aliphatic rings. The molecular weight excluding hydrogens is 434 g/mol. The molecule has 10 nitrogen and oxygen atoms in total. The van der Waals surface area contributed by atoms with Crippen molar-refractivity contribution in [1.29, 1.82) is 0 Å². The van der Waals surface area contributed by atoms with Gasteiger partial charge in [0, 0.05) is 23.9 Å². The predicted molar refractivity (Wildman–Crippen MR) is 127 cm³/mol. The van der Waals surface area contributed by atoms with Gasteiger partial charge in [0.05, 0.1) is 6.04 Å². The molecule has 0 bridgehead atoms. The molecule has 0 aliphatic carbocycles. The number of primary amides is 1. The molecule has 1 fully saturated rings. The number of benzene rings is 1. The average Bonchev–Trinajstić information content (AvgIpc) is 3.44. The zero-order valence-corrected chi connectivity index (χ0v) is 18.6. The molecular formula is C24H25N7O3. The number of nitrogens with zero attached hydrogens (tertiary/aromatic N) is 4. The van der Waals surface area contributed by atoms with Crippen molar-refractivity contribution in [3.8, 4) is 11.3 Å². The molecule has 10 heteroatoms. The molecule has 3 amide bonds. The van der Waals surface area contributed by atoms with E-state index >= 15 is 0 Å². The van der Waals surface area contributed by atoms with E-state index in [0.29, 0.717) is 41.4 Å². The molecule has 1 unspecified atom stereocenters. The topological polar surface area (TPSA) is 149 Å². The standard InChI is InChI=1S/C24H25N7O3/c1-2-6-19(32)30-14-5-7-17(30)23-29-20(21(22(25)33)31(23)26)15-9-11-16(12-10-15)24(34)28-18-8-3-4-13-27-18/h2-4,6,8-13,17H,5,7,14,26H2,1H3,(H2,25,33)(H,27,28,34). The highest BCUT2D eigenvalue weighted by Gasteiger charge is 2.34. The first-order valence-corrected chi connectivity index (χ1v) is 10.8. The van der Waals surface area contributed by atoms with Crippen LogP contribution in [0.3, 0.4) is 0 Å².